The average Bonchev–Trinajstić information content (AvgIpc) is 2.35. The van der Waals surface area contributed by atoms with Crippen molar-refractivity contribution < 1.29 is 4.39 Å². The van der Waals surface area contributed by atoms with Crippen LogP contribution in [0, 0.1) is 11.7 Å². The lowest BCUT2D eigenvalue weighted by Gasteiger charge is -2.38. The van der Waals surface area contributed by atoms with Crippen LogP contribution in [0.1, 0.15) is 25.8 Å². The molecular weight excluding hydrogens is 227 g/mol. The van der Waals surface area contributed by atoms with Crippen LogP contribution in [0.2, 0.25) is 0 Å². The van der Waals surface area contributed by atoms with Crippen molar-refractivity contribution in [1.29, 1.82) is 0 Å². The van der Waals surface area contributed by atoms with E-state index >= 15 is 0 Å². The predicted molar refractivity (Wildman–Crippen MR) is 72.9 cm³/mol. The van der Waals surface area contributed by atoms with E-state index < -0.39 is 0 Å². The van der Waals surface area contributed by atoms with E-state index in [4.69, 9.17) is 5.73 Å². The Morgan fingerprint density at radius 3 is 2.83 bits per heavy atom. The number of nitrogens with zero attached hydrogens (tertiary/aromatic N) is 1. The van der Waals surface area contributed by atoms with E-state index in [0.29, 0.717) is 12.0 Å². The summed E-state index contributed by atoms with van der Waals surface area (Å²) in [5.41, 5.74) is 6.92. The second-order valence-corrected chi connectivity index (χ2v) is 5.57. The van der Waals surface area contributed by atoms with E-state index in [2.05, 4.69) is 18.7 Å². The van der Waals surface area contributed by atoms with Crippen molar-refractivity contribution in [3.05, 3.63) is 35.6 Å². The topological polar surface area (TPSA) is 29.3 Å². The summed E-state index contributed by atoms with van der Waals surface area (Å²) < 4.78 is 13.6. The van der Waals surface area contributed by atoms with Crippen LogP contribution in [0.25, 0.3) is 0 Å². The Labute approximate surface area is 109 Å². The third-order valence-electron chi connectivity index (χ3n) is 4.14. The summed E-state index contributed by atoms with van der Waals surface area (Å²) in [5, 5.41) is 0. The highest BCUT2D eigenvalue weighted by atomic mass is 19.1. The summed E-state index contributed by atoms with van der Waals surface area (Å²) in [6, 6.07) is 7.64. The van der Waals surface area contributed by atoms with Gasteiger partial charge >= 0.3 is 0 Å². The van der Waals surface area contributed by atoms with Crippen molar-refractivity contribution in [3.63, 3.8) is 0 Å². The molecule has 3 heteroatoms. The fourth-order valence-corrected chi connectivity index (χ4v) is 2.64. The molecule has 0 saturated carbocycles. The highest BCUT2D eigenvalue weighted by molar-refractivity contribution is 5.18. The first-order valence-electron chi connectivity index (χ1n) is 6.81. The lowest BCUT2D eigenvalue weighted by molar-refractivity contribution is 0.127. The van der Waals surface area contributed by atoms with E-state index in [-0.39, 0.29) is 11.9 Å². The largest absolute Gasteiger partial charge is 0.326 e. The summed E-state index contributed by atoms with van der Waals surface area (Å²) in [6.45, 7) is 6.37. The molecule has 3 atom stereocenters. The fraction of sp³-hybridized carbons (Fsp3) is 0.600. The van der Waals surface area contributed by atoms with Crippen molar-refractivity contribution in [2.45, 2.75) is 38.8 Å². The minimum atomic E-state index is -0.0981. The van der Waals surface area contributed by atoms with Crippen molar-refractivity contribution >= 4 is 0 Å². The monoisotopic (exact) mass is 250 g/mol. The van der Waals surface area contributed by atoms with Crippen LogP contribution < -0.4 is 5.73 Å². The molecule has 2 nitrogen and oxygen atoms in total. The van der Waals surface area contributed by atoms with Crippen molar-refractivity contribution in [2.75, 3.05) is 13.1 Å². The van der Waals surface area contributed by atoms with Crippen LogP contribution in [-0.2, 0) is 6.42 Å². The number of hydrogen-bond donors (Lipinski definition) is 1. The van der Waals surface area contributed by atoms with Gasteiger partial charge < -0.3 is 5.73 Å². The molecule has 1 aliphatic rings. The fourth-order valence-electron chi connectivity index (χ4n) is 2.64. The van der Waals surface area contributed by atoms with Crippen LogP contribution in [0.15, 0.2) is 24.3 Å². The highest BCUT2D eigenvalue weighted by Crippen LogP contribution is 2.20. The third kappa shape index (κ3) is 3.09. The number of halogens is 1. The van der Waals surface area contributed by atoms with E-state index in [1.165, 1.54) is 6.07 Å². The highest BCUT2D eigenvalue weighted by Gasteiger charge is 2.26. The van der Waals surface area contributed by atoms with Gasteiger partial charge in [0.2, 0.25) is 0 Å². The lowest BCUT2D eigenvalue weighted by Crippen LogP contribution is -2.51. The standard InChI is InChI=1S/C15H23FN2/c1-11-7-8-18(10-15(11)17)12(2)9-13-5-3-4-6-14(13)16/h3-6,11-12,15H,7-10,17H2,1-2H3. The Kier molecular flexibility index (Phi) is 4.36. The number of benzene rings is 1. The molecule has 100 valence electrons. The Morgan fingerprint density at radius 1 is 1.44 bits per heavy atom. The smallest absolute Gasteiger partial charge is 0.126 e. The molecule has 1 aliphatic heterocycles. The Balaban J connectivity index is 1.96. The molecule has 0 amide bonds. The van der Waals surface area contributed by atoms with E-state index in [0.717, 1.165) is 31.5 Å². The average molecular weight is 250 g/mol. The molecule has 3 unspecified atom stereocenters. The van der Waals surface area contributed by atoms with Gasteiger partial charge in [-0.3, -0.25) is 4.90 Å². The van der Waals surface area contributed by atoms with Crippen LogP contribution in [0.5, 0.6) is 0 Å². The van der Waals surface area contributed by atoms with Gasteiger partial charge in [0.1, 0.15) is 5.82 Å². The molecule has 0 spiro atoms. The van der Waals surface area contributed by atoms with Crippen LogP contribution in [-0.4, -0.2) is 30.1 Å². The number of hydrogen-bond acceptors (Lipinski definition) is 2. The molecule has 18 heavy (non-hydrogen) atoms. The summed E-state index contributed by atoms with van der Waals surface area (Å²) in [4.78, 5) is 2.39. The second-order valence-electron chi connectivity index (χ2n) is 5.57. The molecule has 2 N–H and O–H groups in total. The van der Waals surface area contributed by atoms with E-state index in [9.17, 15) is 4.39 Å². The summed E-state index contributed by atoms with van der Waals surface area (Å²) >= 11 is 0. The molecule has 0 radical (unpaired) electrons. The SMILES string of the molecule is CC1CCN(C(C)Cc2ccccc2F)CC1N. The molecule has 1 heterocycles. The summed E-state index contributed by atoms with van der Waals surface area (Å²) in [7, 11) is 0. The predicted octanol–water partition coefficient (Wildman–Crippen LogP) is 2.43. The first-order valence-corrected chi connectivity index (χ1v) is 6.81. The van der Waals surface area contributed by atoms with E-state index in [1.54, 1.807) is 6.07 Å². The number of rotatable bonds is 3. The molecule has 0 aromatic heterocycles. The van der Waals surface area contributed by atoms with Crippen LogP contribution in [0.3, 0.4) is 0 Å². The van der Waals surface area contributed by atoms with Gasteiger partial charge in [0.25, 0.3) is 0 Å². The Morgan fingerprint density at radius 2 is 2.17 bits per heavy atom. The zero-order valence-electron chi connectivity index (χ0n) is 11.3. The Hall–Kier alpha value is -0.930. The van der Waals surface area contributed by atoms with Gasteiger partial charge in [0.15, 0.2) is 0 Å². The quantitative estimate of drug-likeness (QED) is 0.892. The van der Waals surface area contributed by atoms with Gasteiger partial charge in [-0.2, -0.15) is 0 Å². The second kappa shape index (κ2) is 5.81. The lowest BCUT2D eigenvalue weighted by atomic mass is 9.92. The van der Waals surface area contributed by atoms with E-state index in [1.807, 2.05) is 12.1 Å². The molecule has 1 saturated heterocycles. The van der Waals surface area contributed by atoms with Crippen LogP contribution >= 0.6 is 0 Å². The van der Waals surface area contributed by atoms with Gasteiger partial charge in [-0.05, 0) is 43.9 Å². The molecule has 0 bridgehead atoms. The molecule has 2 rings (SSSR count). The maximum absolute atomic E-state index is 13.6. The molecule has 1 aromatic carbocycles. The number of likely N-dealkylation sites (tertiary alicyclic amines) is 1. The van der Waals surface area contributed by atoms with Gasteiger partial charge in [0.05, 0.1) is 0 Å². The number of piperidine rings is 1. The maximum atomic E-state index is 13.6. The molecular formula is C15H23FN2. The number of nitrogens with two attached hydrogens (primary N) is 1. The molecule has 1 aromatic rings. The van der Waals surface area contributed by atoms with Crippen LogP contribution in [0.4, 0.5) is 4.39 Å². The van der Waals surface area contributed by atoms with Gasteiger partial charge in [-0.25, -0.2) is 4.39 Å². The molecule has 1 fully saturated rings. The summed E-state index contributed by atoms with van der Waals surface area (Å²) in [5.74, 6) is 0.501. The zero-order valence-corrected chi connectivity index (χ0v) is 11.3. The third-order valence-corrected chi connectivity index (χ3v) is 4.14. The Bertz CT molecular complexity index is 394. The van der Waals surface area contributed by atoms with Gasteiger partial charge in [-0.15, -0.1) is 0 Å². The zero-order chi connectivity index (χ0) is 13.1. The molecule has 0 aliphatic carbocycles. The maximum Gasteiger partial charge on any atom is 0.126 e. The summed E-state index contributed by atoms with van der Waals surface area (Å²) in [6.07, 6.45) is 1.90. The van der Waals surface area contributed by atoms with Crippen molar-refractivity contribution in [1.82, 2.24) is 4.90 Å². The van der Waals surface area contributed by atoms with Crippen molar-refractivity contribution in [3.8, 4) is 0 Å². The minimum absolute atomic E-state index is 0.0981. The van der Waals surface area contributed by atoms with Crippen molar-refractivity contribution in [2.24, 2.45) is 11.7 Å². The first kappa shape index (κ1) is 13.5. The minimum Gasteiger partial charge on any atom is -0.326 e. The van der Waals surface area contributed by atoms with Gasteiger partial charge in [-0.1, -0.05) is 25.1 Å². The van der Waals surface area contributed by atoms with Gasteiger partial charge in [0, 0.05) is 18.6 Å². The first-order chi connectivity index (χ1) is 8.58. The normalized spacial score (nSPS) is 27.1.